The maximum absolute atomic E-state index is 13.6. The molecule has 0 spiro atoms. The third-order valence-electron chi connectivity index (χ3n) is 5.77. The minimum absolute atomic E-state index is 0.0406. The van der Waals surface area contributed by atoms with Crippen LogP contribution in [-0.4, -0.2) is 33.4 Å². The van der Waals surface area contributed by atoms with Crippen molar-refractivity contribution in [3.63, 3.8) is 0 Å². The van der Waals surface area contributed by atoms with Gasteiger partial charge in [0.1, 0.15) is 11.3 Å². The largest absolute Gasteiger partial charge is 0.461 e. The van der Waals surface area contributed by atoms with Crippen LogP contribution in [0.4, 0.5) is 0 Å². The molecule has 30 heavy (non-hydrogen) atoms. The predicted octanol–water partition coefficient (Wildman–Crippen LogP) is 5.13. The number of rotatable bonds is 4. The van der Waals surface area contributed by atoms with Crippen LogP contribution in [0.15, 0.2) is 77.5 Å². The van der Waals surface area contributed by atoms with E-state index in [4.69, 9.17) is 4.42 Å². The van der Waals surface area contributed by atoms with Gasteiger partial charge in [-0.1, -0.05) is 36.4 Å². The van der Waals surface area contributed by atoms with Crippen molar-refractivity contribution in [3.05, 3.63) is 84.4 Å². The van der Waals surface area contributed by atoms with Crippen LogP contribution in [0.2, 0.25) is 0 Å². The number of likely N-dealkylation sites (tertiary alicyclic amines) is 1. The van der Waals surface area contributed by atoms with Crippen molar-refractivity contribution < 1.29 is 9.21 Å². The molecule has 0 radical (unpaired) electrons. The number of piperidine rings is 1. The summed E-state index contributed by atoms with van der Waals surface area (Å²) in [6.07, 6.45) is 7.26. The molecule has 3 heterocycles. The predicted molar refractivity (Wildman–Crippen MR) is 116 cm³/mol. The first kappa shape index (κ1) is 18.6. The molecule has 2 aromatic heterocycles. The van der Waals surface area contributed by atoms with Gasteiger partial charge in [-0.2, -0.15) is 0 Å². The molecule has 2 aromatic carbocycles. The van der Waals surface area contributed by atoms with Crippen LogP contribution in [0.25, 0.3) is 22.4 Å². The highest BCUT2D eigenvalue weighted by Gasteiger charge is 2.30. The van der Waals surface area contributed by atoms with Gasteiger partial charge in [-0.25, -0.2) is 9.97 Å². The van der Waals surface area contributed by atoms with Crippen molar-refractivity contribution >= 4 is 16.9 Å². The lowest BCUT2D eigenvalue weighted by atomic mass is 9.96. The molecule has 5 nitrogen and oxygen atoms in total. The highest BCUT2D eigenvalue weighted by atomic mass is 16.3. The average molecular weight is 397 g/mol. The Morgan fingerprint density at radius 3 is 2.67 bits per heavy atom. The highest BCUT2D eigenvalue weighted by molar-refractivity contribution is 6.00. The van der Waals surface area contributed by atoms with Gasteiger partial charge in [0.2, 0.25) is 0 Å². The lowest BCUT2D eigenvalue weighted by Gasteiger charge is -2.36. The number of amides is 1. The summed E-state index contributed by atoms with van der Waals surface area (Å²) in [7, 11) is 0. The summed E-state index contributed by atoms with van der Waals surface area (Å²) in [5.41, 5.74) is 2.32. The highest BCUT2D eigenvalue weighted by Crippen LogP contribution is 2.28. The number of nitrogens with zero attached hydrogens (tertiary/aromatic N) is 3. The third kappa shape index (κ3) is 3.59. The molecule has 1 amide bonds. The van der Waals surface area contributed by atoms with E-state index in [1.165, 1.54) is 0 Å². The molecule has 0 saturated carbocycles. The monoisotopic (exact) mass is 397 g/mol. The number of carbonyl (C=O) groups is 1. The maximum atomic E-state index is 13.6. The van der Waals surface area contributed by atoms with Gasteiger partial charge in [0.25, 0.3) is 5.91 Å². The number of fused-ring (bicyclic) bond motifs is 1. The van der Waals surface area contributed by atoms with E-state index in [-0.39, 0.29) is 11.9 Å². The summed E-state index contributed by atoms with van der Waals surface area (Å²) in [6, 6.07) is 19.7. The second kappa shape index (κ2) is 8.11. The van der Waals surface area contributed by atoms with Crippen molar-refractivity contribution in [2.24, 2.45) is 0 Å². The van der Waals surface area contributed by atoms with Gasteiger partial charge in [0, 0.05) is 42.4 Å². The second-order valence-corrected chi connectivity index (χ2v) is 7.72. The van der Waals surface area contributed by atoms with Gasteiger partial charge in [0.05, 0.1) is 5.56 Å². The van der Waals surface area contributed by atoms with Crippen LogP contribution >= 0.6 is 0 Å². The minimum Gasteiger partial charge on any atom is -0.461 e. The van der Waals surface area contributed by atoms with E-state index < -0.39 is 0 Å². The van der Waals surface area contributed by atoms with Gasteiger partial charge in [-0.15, -0.1) is 0 Å². The fourth-order valence-corrected chi connectivity index (χ4v) is 4.31. The zero-order valence-corrected chi connectivity index (χ0v) is 16.7. The van der Waals surface area contributed by atoms with E-state index in [1.54, 1.807) is 18.5 Å². The average Bonchev–Trinajstić information content (AvgIpc) is 3.22. The van der Waals surface area contributed by atoms with Crippen molar-refractivity contribution in [1.29, 1.82) is 0 Å². The Balaban J connectivity index is 1.44. The van der Waals surface area contributed by atoms with E-state index in [2.05, 4.69) is 22.1 Å². The lowest BCUT2D eigenvalue weighted by molar-refractivity contribution is 0.0608. The Labute approximate surface area is 175 Å². The van der Waals surface area contributed by atoms with Gasteiger partial charge in [-0.05, 0) is 43.5 Å². The number of para-hydroxylation sites is 1. The van der Waals surface area contributed by atoms with Crippen molar-refractivity contribution in [1.82, 2.24) is 14.9 Å². The standard InChI is InChI=1S/C25H23N3O2/c29-25(22-11-3-2-10-21(22)24-26-13-7-14-27-24)28-15-6-5-9-19(28)17-20-16-18-8-1-4-12-23(18)30-20/h1-4,7-8,10-14,16,19H,5-6,9,15,17H2. The fourth-order valence-electron chi connectivity index (χ4n) is 4.31. The van der Waals surface area contributed by atoms with Crippen LogP contribution < -0.4 is 0 Å². The number of carbonyl (C=O) groups excluding carboxylic acids is 1. The van der Waals surface area contributed by atoms with Gasteiger partial charge >= 0.3 is 0 Å². The van der Waals surface area contributed by atoms with Crippen LogP contribution in [0.5, 0.6) is 0 Å². The molecule has 0 aliphatic carbocycles. The molecule has 150 valence electrons. The Hall–Kier alpha value is -3.47. The number of aromatic nitrogens is 2. The molecule has 1 fully saturated rings. The van der Waals surface area contributed by atoms with Crippen LogP contribution in [0.3, 0.4) is 0 Å². The SMILES string of the molecule is O=C(c1ccccc1-c1ncccn1)N1CCCCC1Cc1cc2ccccc2o1. The fraction of sp³-hybridized carbons (Fsp3) is 0.240. The first-order valence-electron chi connectivity index (χ1n) is 10.4. The Bertz CT molecular complexity index is 1140. The summed E-state index contributed by atoms with van der Waals surface area (Å²) in [5.74, 6) is 1.55. The normalized spacial score (nSPS) is 16.7. The smallest absolute Gasteiger partial charge is 0.254 e. The number of benzene rings is 2. The Morgan fingerprint density at radius 2 is 1.80 bits per heavy atom. The molecule has 5 heteroatoms. The quantitative estimate of drug-likeness (QED) is 0.479. The summed E-state index contributed by atoms with van der Waals surface area (Å²) in [5, 5.41) is 1.10. The van der Waals surface area contributed by atoms with E-state index in [0.717, 1.165) is 54.5 Å². The molecule has 1 unspecified atom stereocenters. The van der Waals surface area contributed by atoms with Crippen LogP contribution in [-0.2, 0) is 6.42 Å². The Kier molecular flexibility index (Phi) is 5.01. The lowest BCUT2D eigenvalue weighted by Crippen LogP contribution is -2.45. The molecule has 1 atom stereocenters. The molecular weight excluding hydrogens is 374 g/mol. The second-order valence-electron chi connectivity index (χ2n) is 7.72. The molecule has 0 bridgehead atoms. The maximum Gasteiger partial charge on any atom is 0.254 e. The van der Waals surface area contributed by atoms with Crippen molar-refractivity contribution in [3.8, 4) is 11.4 Å². The Morgan fingerprint density at radius 1 is 1.00 bits per heavy atom. The van der Waals surface area contributed by atoms with Gasteiger partial charge < -0.3 is 9.32 Å². The first-order valence-corrected chi connectivity index (χ1v) is 10.4. The van der Waals surface area contributed by atoms with Crippen LogP contribution in [0.1, 0.15) is 35.4 Å². The van der Waals surface area contributed by atoms with Crippen molar-refractivity contribution in [2.45, 2.75) is 31.7 Å². The molecule has 4 aromatic rings. The molecule has 1 saturated heterocycles. The van der Waals surface area contributed by atoms with E-state index in [0.29, 0.717) is 11.4 Å². The topological polar surface area (TPSA) is 59.2 Å². The minimum atomic E-state index is 0.0406. The molecular formula is C25H23N3O2. The van der Waals surface area contributed by atoms with Gasteiger partial charge in [0.15, 0.2) is 5.82 Å². The summed E-state index contributed by atoms with van der Waals surface area (Å²) in [4.78, 5) is 24.3. The molecule has 1 aliphatic heterocycles. The molecule has 0 N–H and O–H groups in total. The third-order valence-corrected chi connectivity index (χ3v) is 5.77. The molecule has 5 rings (SSSR count). The number of furan rings is 1. The zero-order chi connectivity index (χ0) is 20.3. The number of hydrogen-bond donors (Lipinski definition) is 0. The van der Waals surface area contributed by atoms with Gasteiger partial charge in [-0.3, -0.25) is 4.79 Å². The summed E-state index contributed by atoms with van der Waals surface area (Å²) in [6.45, 7) is 0.758. The van der Waals surface area contributed by atoms with E-state index in [9.17, 15) is 4.79 Å². The number of hydrogen-bond acceptors (Lipinski definition) is 4. The van der Waals surface area contributed by atoms with E-state index in [1.807, 2.05) is 47.4 Å². The zero-order valence-electron chi connectivity index (χ0n) is 16.7. The summed E-state index contributed by atoms with van der Waals surface area (Å²) >= 11 is 0. The summed E-state index contributed by atoms with van der Waals surface area (Å²) < 4.78 is 6.04. The molecule has 1 aliphatic rings. The van der Waals surface area contributed by atoms with Crippen LogP contribution in [0, 0.1) is 0 Å². The van der Waals surface area contributed by atoms with E-state index >= 15 is 0 Å². The first-order chi connectivity index (χ1) is 14.8. The van der Waals surface area contributed by atoms with Crippen molar-refractivity contribution in [2.75, 3.05) is 6.54 Å².